The van der Waals surface area contributed by atoms with E-state index in [1.54, 1.807) is 17.8 Å². The lowest BCUT2D eigenvalue weighted by Gasteiger charge is -2.17. The van der Waals surface area contributed by atoms with Gasteiger partial charge in [0.05, 0.1) is 10.8 Å². The number of carbonyl (C=O) groups is 1. The molecule has 23 heavy (non-hydrogen) atoms. The third-order valence-electron chi connectivity index (χ3n) is 3.48. The van der Waals surface area contributed by atoms with Crippen LogP contribution in [-0.2, 0) is 14.8 Å². The van der Waals surface area contributed by atoms with Gasteiger partial charge in [-0.05, 0) is 43.2 Å². The number of hydrogen-bond acceptors (Lipinski definition) is 4. The Hall–Kier alpha value is -0.760. The number of rotatable bonds is 7. The minimum atomic E-state index is -3.60. The maximum absolute atomic E-state index is 12.6. The van der Waals surface area contributed by atoms with Crippen molar-refractivity contribution in [1.29, 1.82) is 0 Å². The summed E-state index contributed by atoms with van der Waals surface area (Å²) in [5.41, 5.74) is 0.453. The molecule has 0 aromatic heterocycles. The number of sulfonamides is 1. The van der Waals surface area contributed by atoms with Gasteiger partial charge in [0.15, 0.2) is 0 Å². The highest BCUT2D eigenvalue weighted by Crippen LogP contribution is 2.29. The summed E-state index contributed by atoms with van der Waals surface area (Å²) in [5.74, 6) is 1.13. The third-order valence-corrected chi connectivity index (χ3v) is 7.02. The number of halogens is 1. The first-order chi connectivity index (χ1) is 10.9. The van der Waals surface area contributed by atoms with Crippen molar-refractivity contribution in [2.75, 3.05) is 29.9 Å². The second kappa shape index (κ2) is 8.37. The smallest absolute Gasteiger partial charge is 0.244 e. The fourth-order valence-electron chi connectivity index (χ4n) is 2.35. The molecule has 0 bridgehead atoms. The molecule has 0 aliphatic carbocycles. The van der Waals surface area contributed by atoms with E-state index in [4.69, 9.17) is 11.6 Å². The number of nitrogens with one attached hydrogen (secondary N) is 1. The van der Waals surface area contributed by atoms with Crippen molar-refractivity contribution in [2.45, 2.75) is 31.1 Å². The van der Waals surface area contributed by atoms with Crippen LogP contribution in [0.2, 0.25) is 5.02 Å². The van der Waals surface area contributed by atoms with Crippen molar-refractivity contribution >= 4 is 45.0 Å². The highest BCUT2D eigenvalue weighted by atomic mass is 35.5. The molecule has 1 fully saturated rings. The van der Waals surface area contributed by atoms with E-state index in [0.29, 0.717) is 24.5 Å². The first-order valence-corrected chi connectivity index (χ1v) is 10.6. The van der Waals surface area contributed by atoms with Crippen molar-refractivity contribution < 1.29 is 13.2 Å². The third kappa shape index (κ3) is 4.86. The first-order valence-electron chi connectivity index (χ1n) is 7.62. The second-order valence-corrected chi connectivity index (χ2v) is 8.78. The maximum atomic E-state index is 12.6. The Morgan fingerprint density at radius 3 is 2.70 bits per heavy atom. The zero-order chi connectivity index (χ0) is 16.9. The Balaban J connectivity index is 2.14. The number of carbonyl (C=O) groups excluding carboxylic acids is 1. The Morgan fingerprint density at radius 2 is 2.04 bits per heavy atom. The van der Waals surface area contributed by atoms with Gasteiger partial charge >= 0.3 is 0 Å². The molecule has 8 heteroatoms. The lowest BCUT2D eigenvalue weighted by atomic mass is 10.3. The predicted octanol–water partition coefficient (Wildman–Crippen LogP) is 3.21. The average Bonchev–Trinajstić information content (AvgIpc) is 3.04. The highest BCUT2D eigenvalue weighted by molar-refractivity contribution is 7.99. The van der Waals surface area contributed by atoms with E-state index in [-0.39, 0.29) is 15.8 Å². The van der Waals surface area contributed by atoms with Gasteiger partial charge in [-0.15, -0.1) is 0 Å². The van der Waals surface area contributed by atoms with Crippen molar-refractivity contribution in [2.24, 2.45) is 0 Å². The van der Waals surface area contributed by atoms with Crippen molar-refractivity contribution in [3.05, 3.63) is 23.2 Å². The monoisotopic (exact) mass is 376 g/mol. The lowest BCUT2D eigenvalue weighted by molar-refractivity contribution is -0.113. The minimum absolute atomic E-state index is 0.0556. The van der Waals surface area contributed by atoms with Gasteiger partial charge in [0.2, 0.25) is 15.9 Å². The minimum Gasteiger partial charge on any atom is -0.325 e. The standard InChI is InChI=1S/C15H21ClN2O3S2/c1-2-9-22-11-15(19)17-12-5-6-13(16)14(10-12)23(20,21)18-7-3-4-8-18/h5-6,10H,2-4,7-9,11H2,1H3,(H,17,19). The van der Waals surface area contributed by atoms with Gasteiger partial charge < -0.3 is 5.32 Å². The number of nitrogens with zero attached hydrogens (tertiary/aromatic N) is 1. The summed E-state index contributed by atoms with van der Waals surface area (Å²) < 4.78 is 26.7. The number of hydrogen-bond donors (Lipinski definition) is 1. The molecular weight excluding hydrogens is 356 g/mol. The number of benzene rings is 1. The fraction of sp³-hybridized carbons (Fsp3) is 0.533. The van der Waals surface area contributed by atoms with E-state index in [9.17, 15) is 13.2 Å². The Morgan fingerprint density at radius 1 is 1.35 bits per heavy atom. The van der Waals surface area contributed by atoms with Crippen LogP contribution in [0.15, 0.2) is 23.1 Å². The van der Waals surface area contributed by atoms with E-state index >= 15 is 0 Å². The maximum Gasteiger partial charge on any atom is 0.244 e. The zero-order valence-corrected chi connectivity index (χ0v) is 15.4. The Kier molecular flexibility index (Phi) is 6.76. The predicted molar refractivity (Wildman–Crippen MR) is 95.7 cm³/mol. The molecule has 1 amide bonds. The number of amides is 1. The quantitative estimate of drug-likeness (QED) is 0.742. The van der Waals surface area contributed by atoms with E-state index in [0.717, 1.165) is 25.0 Å². The first kappa shape index (κ1) is 18.6. The molecule has 0 saturated carbocycles. The van der Waals surface area contributed by atoms with Crippen LogP contribution in [0, 0.1) is 0 Å². The molecule has 1 aromatic rings. The molecule has 1 aromatic carbocycles. The van der Waals surface area contributed by atoms with Crippen molar-refractivity contribution in [1.82, 2.24) is 4.31 Å². The van der Waals surface area contributed by atoms with E-state index in [1.165, 1.54) is 16.4 Å². The van der Waals surface area contributed by atoms with Crippen LogP contribution in [0.4, 0.5) is 5.69 Å². The van der Waals surface area contributed by atoms with Crippen LogP contribution >= 0.6 is 23.4 Å². The molecule has 5 nitrogen and oxygen atoms in total. The van der Waals surface area contributed by atoms with E-state index in [2.05, 4.69) is 12.2 Å². The summed E-state index contributed by atoms with van der Waals surface area (Å²) in [6.45, 7) is 3.09. The van der Waals surface area contributed by atoms with Crippen LogP contribution in [-0.4, -0.2) is 43.2 Å². The topological polar surface area (TPSA) is 66.5 Å². The summed E-state index contributed by atoms with van der Waals surface area (Å²) in [4.78, 5) is 11.9. The van der Waals surface area contributed by atoms with Crippen LogP contribution in [0.5, 0.6) is 0 Å². The molecule has 1 aliphatic heterocycles. The summed E-state index contributed by atoms with van der Waals surface area (Å²) in [6, 6.07) is 4.57. The molecule has 128 valence electrons. The van der Waals surface area contributed by atoms with Crippen LogP contribution in [0.3, 0.4) is 0 Å². The zero-order valence-electron chi connectivity index (χ0n) is 13.0. The molecule has 1 aliphatic rings. The summed E-state index contributed by atoms with van der Waals surface area (Å²) in [6.07, 6.45) is 2.74. The summed E-state index contributed by atoms with van der Waals surface area (Å²) in [5, 5.41) is 2.91. The molecule has 0 radical (unpaired) electrons. The van der Waals surface area contributed by atoms with Gasteiger partial charge in [0.1, 0.15) is 4.90 Å². The molecule has 2 rings (SSSR count). The van der Waals surface area contributed by atoms with Gasteiger partial charge in [-0.2, -0.15) is 16.1 Å². The van der Waals surface area contributed by atoms with Crippen LogP contribution in [0.1, 0.15) is 26.2 Å². The van der Waals surface area contributed by atoms with Crippen LogP contribution in [0.25, 0.3) is 0 Å². The fourth-order valence-corrected chi connectivity index (χ4v) is 5.06. The lowest BCUT2D eigenvalue weighted by Crippen LogP contribution is -2.28. The number of thioether (sulfide) groups is 1. The molecule has 1 saturated heterocycles. The van der Waals surface area contributed by atoms with Crippen LogP contribution < -0.4 is 5.32 Å². The molecule has 1 heterocycles. The SMILES string of the molecule is CCCSCC(=O)Nc1ccc(Cl)c(S(=O)(=O)N2CCCC2)c1. The molecular formula is C15H21ClN2O3S2. The van der Waals surface area contributed by atoms with Crippen molar-refractivity contribution in [3.8, 4) is 0 Å². The molecule has 0 unspecified atom stereocenters. The van der Waals surface area contributed by atoms with Gasteiger partial charge in [0.25, 0.3) is 0 Å². The Bertz CT molecular complexity index is 659. The van der Waals surface area contributed by atoms with Crippen molar-refractivity contribution in [3.63, 3.8) is 0 Å². The molecule has 0 atom stereocenters. The largest absolute Gasteiger partial charge is 0.325 e. The highest BCUT2D eigenvalue weighted by Gasteiger charge is 2.29. The number of anilines is 1. The normalized spacial score (nSPS) is 15.7. The average molecular weight is 377 g/mol. The molecule has 1 N–H and O–H groups in total. The van der Waals surface area contributed by atoms with Gasteiger partial charge in [-0.3, -0.25) is 4.79 Å². The van der Waals surface area contributed by atoms with E-state index in [1.807, 2.05) is 0 Å². The Labute approximate surface area is 146 Å². The molecule has 0 spiro atoms. The second-order valence-electron chi connectivity index (χ2n) is 5.36. The van der Waals surface area contributed by atoms with Gasteiger partial charge in [-0.1, -0.05) is 18.5 Å². The van der Waals surface area contributed by atoms with Gasteiger partial charge in [0, 0.05) is 18.8 Å². The van der Waals surface area contributed by atoms with E-state index < -0.39 is 10.0 Å². The summed E-state index contributed by atoms with van der Waals surface area (Å²) >= 11 is 7.62. The van der Waals surface area contributed by atoms with Gasteiger partial charge in [-0.25, -0.2) is 8.42 Å². The summed E-state index contributed by atoms with van der Waals surface area (Å²) in [7, 11) is -3.60.